The smallest absolute Gasteiger partial charge is 0.341 e. The normalized spacial score (nSPS) is 18.8. The Bertz CT molecular complexity index is 594. The number of carbonyl (C=O) groups excluding carboxylic acids is 1. The molecule has 4 heteroatoms. The third-order valence-electron chi connectivity index (χ3n) is 2.99. The second-order valence-electron chi connectivity index (χ2n) is 4.22. The van der Waals surface area contributed by atoms with Gasteiger partial charge in [-0.05, 0) is 6.07 Å². The van der Waals surface area contributed by atoms with Crippen LogP contribution in [0, 0.1) is 0 Å². The molecule has 3 rings (SSSR count). The van der Waals surface area contributed by atoms with E-state index in [1.165, 1.54) is 0 Å². The predicted molar refractivity (Wildman–Crippen MR) is 67.1 cm³/mol. The Labute approximate surface area is 110 Å². The molecular formula is C15H12O4. The summed E-state index contributed by atoms with van der Waals surface area (Å²) in [4.78, 5) is 11.6. The summed E-state index contributed by atoms with van der Waals surface area (Å²) in [5.74, 6) is -0.430. The molecular weight excluding hydrogens is 244 g/mol. The Morgan fingerprint density at radius 1 is 1.05 bits per heavy atom. The summed E-state index contributed by atoms with van der Waals surface area (Å²) in [5.41, 5.74) is 1.73. The number of aliphatic hydroxyl groups excluding tert-OH is 1. The van der Waals surface area contributed by atoms with Gasteiger partial charge in [-0.25, -0.2) is 4.79 Å². The Morgan fingerprint density at radius 2 is 1.74 bits per heavy atom. The zero-order valence-corrected chi connectivity index (χ0v) is 10.0. The lowest BCUT2D eigenvalue weighted by atomic mass is 10.1. The van der Waals surface area contributed by atoms with E-state index in [0.717, 1.165) is 0 Å². The summed E-state index contributed by atoms with van der Waals surface area (Å²) in [5, 5.41) is 9.98. The molecule has 4 nitrogen and oxygen atoms in total. The lowest BCUT2D eigenvalue weighted by Crippen LogP contribution is -2.10. The van der Waals surface area contributed by atoms with E-state index in [2.05, 4.69) is 0 Å². The van der Waals surface area contributed by atoms with Gasteiger partial charge in [0.1, 0.15) is 0 Å². The van der Waals surface area contributed by atoms with Crippen LogP contribution in [0.4, 0.5) is 0 Å². The zero-order valence-electron chi connectivity index (χ0n) is 10.0. The number of hydrogen-bond acceptors (Lipinski definition) is 4. The molecule has 1 heterocycles. The Hall–Kier alpha value is -2.17. The minimum Gasteiger partial charge on any atom is -0.428 e. The molecule has 2 aromatic carbocycles. The molecule has 1 aliphatic heterocycles. The quantitative estimate of drug-likeness (QED) is 0.677. The standard InChI is InChI=1S/C15H12O4/c16-13(10-6-2-1-3-7-10)18-15-12-9-5-4-8-11(12)14(17)19-15/h1-9,13,15-16H. The van der Waals surface area contributed by atoms with Crippen LogP contribution in [0.5, 0.6) is 0 Å². The second-order valence-corrected chi connectivity index (χ2v) is 4.22. The highest BCUT2D eigenvalue weighted by Crippen LogP contribution is 2.34. The van der Waals surface area contributed by atoms with Crippen LogP contribution < -0.4 is 0 Å². The van der Waals surface area contributed by atoms with Crippen LogP contribution in [-0.2, 0) is 9.47 Å². The molecule has 0 radical (unpaired) electrons. The van der Waals surface area contributed by atoms with Crippen molar-refractivity contribution in [1.82, 2.24) is 0 Å². The summed E-state index contributed by atoms with van der Waals surface area (Å²) >= 11 is 0. The third kappa shape index (κ3) is 2.23. The molecule has 2 atom stereocenters. The molecule has 0 aromatic heterocycles. The molecule has 0 amide bonds. The van der Waals surface area contributed by atoms with Gasteiger partial charge >= 0.3 is 5.97 Å². The SMILES string of the molecule is O=C1OC(OC(O)c2ccccc2)c2ccccc21. The van der Waals surface area contributed by atoms with Crippen molar-refractivity contribution in [1.29, 1.82) is 0 Å². The van der Waals surface area contributed by atoms with Crippen LogP contribution in [0.1, 0.15) is 34.1 Å². The van der Waals surface area contributed by atoms with Gasteiger partial charge in [0.15, 0.2) is 6.29 Å². The molecule has 0 saturated carbocycles. The first-order valence-electron chi connectivity index (χ1n) is 5.94. The first-order valence-corrected chi connectivity index (χ1v) is 5.94. The number of cyclic esters (lactones) is 1. The Balaban J connectivity index is 1.81. The van der Waals surface area contributed by atoms with Gasteiger partial charge in [0.25, 0.3) is 0 Å². The van der Waals surface area contributed by atoms with Gasteiger partial charge in [-0.2, -0.15) is 0 Å². The molecule has 0 fully saturated rings. The molecule has 1 aliphatic rings. The molecule has 0 bridgehead atoms. The number of benzene rings is 2. The predicted octanol–water partition coefficient (Wildman–Crippen LogP) is 2.56. The number of aliphatic hydroxyl groups is 1. The molecule has 2 aromatic rings. The van der Waals surface area contributed by atoms with Gasteiger partial charge in [-0.1, -0.05) is 48.5 Å². The molecule has 96 valence electrons. The Kier molecular flexibility index (Phi) is 3.03. The molecule has 2 unspecified atom stereocenters. The fourth-order valence-electron chi connectivity index (χ4n) is 2.03. The van der Waals surface area contributed by atoms with E-state index in [-0.39, 0.29) is 0 Å². The summed E-state index contributed by atoms with van der Waals surface area (Å²) in [6.07, 6.45) is -2.00. The number of hydrogen-bond donors (Lipinski definition) is 1. The summed E-state index contributed by atoms with van der Waals surface area (Å²) < 4.78 is 10.5. The lowest BCUT2D eigenvalue weighted by Gasteiger charge is -2.17. The maximum Gasteiger partial charge on any atom is 0.341 e. The minimum atomic E-state index is -1.13. The highest BCUT2D eigenvalue weighted by atomic mass is 16.7. The van der Waals surface area contributed by atoms with E-state index in [1.54, 1.807) is 48.5 Å². The van der Waals surface area contributed by atoms with Crippen LogP contribution in [0.3, 0.4) is 0 Å². The van der Waals surface area contributed by atoms with Crippen LogP contribution in [0.25, 0.3) is 0 Å². The van der Waals surface area contributed by atoms with Gasteiger partial charge in [-0.3, -0.25) is 0 Å². The monoisotopic (exact) mass is 256 g/mol. The minimum absolute atomic E-state index is 0.430. The maximum atomic E-state index is 11.6. The highest BCUT2D eigenvalue weighted by molar-refractivity contribution is 5.93. The number of esters is 1. The van der Waals surface area contributed by atoms with Gasteiger partial charge < -0.3 is 14.6 Å². The number of fused-ring (bicyclic) bond motifs is 1. The summed E-state index contributed by atoms with van der Waals surface area (Å²) in [6, 6.07) is 15.9. The Morgan fingerprint density at radius 3 is 2.53 bits per heavy atom. The van der Waals surface area contributed by atoms with E-state index in [4.69, 9.17) is 9.47 Å². The van der Waals surface area contributed by atoms with Crippen molar-refractivity contribution in [3.63, 3.8) is 0 Å². The maximum absolute atomic E-state index is 11.6. The van der Waals surface area contributed by atoms with Gasteiger partial charge in [0.05, 0.1) is 5.56 Å². The fraction of sp³-hybridized carbons (Fsp3) is 0.133. The van der Waals surface area contributed by atoms with E-state index in [1.807, 2.05) is 6.07 Å². The van der Waals surface area contributed by atoms with Crippen molar-refractivity contribution >= 4 is 5.97 Å². The van der Waals surface area contributed by atoms with Crippen molar-refractivity contribution in [2.45, 2.75) is 12.6 Å². The van der Waals surface area contributed by atoms with Crippen molar-refractivity contribution in [2.24, 2.45) is 0 Å². The summed E-state index contributed by atoms with van der Waals surface area (Å²) in [6.45, 7) is 0. The van der Waals surface area contributed by atoms with Crippen molar-refractivity contribution < 1.29 is 19.4 Å². The number of rotatable bonds is 3. The molecule has 1 N–H and O–H groups in total. The second kappa shape index (κ2) is 4.84. The van der Waals surface area contributed by atoms with Crippen molar-refractivity contribution in [3.05, 3.63) is 71.3 Å². The average Bonchev–Trinajstić information content (AvgIpc) is 2.77. The van der Waals surface area contributed by atoms with Crippen LogP contribution in [0.15, 0.2) is 54.6 Å². The van der Waals surface area contributed by atoms with E-state index in [0.29, 0.717) is 16.7 Å². The van der Waals surface area contributed by atoms with Crippen molar-refractivity contribution in [2.75, 3.05) is 0 Å². The van der Waals surface area contributed by atoms with Crippen LogP contribution >= 0.6 is 0 Å². The topological polar surface area (TPSA) is 55.8 Å². The third-order valence-corrected chi connectivity index (χ3v) is 2.99. The first-order chi connectivity index (χ1) is 9.25. The highest BCUT2D eigenvalue weighted by Gasteiger charge is 2.33. The lowest BCUT2D eigenvalue weighted by molar-refractivity contribution is -0.210. The molecule has 19 heavy (non-hydrogen) atoms. The summed E-state index contributed by atoms with van der Waals surface area (Å²) in [7, 11) is 0. The van der Waals surface area contributed by atoms with Crippen LogP contribution in [0.2, 0.25) is 0 Å². The number of ether oxygens (including phenoxy) is 2. The van der Waals surface area contributed by atoms with E-state index >= 15 is 0 Å². The van der Waals surface area contributed by atoms with Crippen LogP contribution in [-0.4, -0.2) is 11.1 Å². The molecule has 0 saturated heterocycles. The fourth-order valence-corrected chi connectivity index (χ4v) is 2.03. The average molecular weight is 256 g/mol. The van der Waals surface area contributed by atoms with Gasteiger partial charge in [-0.15, -0.1) is 0 Å². The van der Waals surface area contributed by atoms with Crippen molar-refractivity contribution in [3.8, 4) is 0 Å². The van der Waals surface area contributed by atoms with Gasteiger partial charge in [0, 0.05) is 11.1 Å². The van der Waals surface area contributed by atoms with E-state index in [9.17, 15) is 9.90 Å². The van der Waals surface area contributed by atoms with Gasteiger partial charge in [0.2, 0.25) is 6.29 Å². The molecule has 0 aliphatic carbocycles. The van der Waals surface area contributed by atoms with E-state index < -0.39 is 18.5 Å². The zero-order chi connectivity index (χ0) is 13.2. The first kappa shape index (κ1) is 11.9. The number of carbonyl (C=O) groups is 1. The largest absolute Gasteiger partial charge is 0.428 e. The molecule has 0 spiro atoms.